The molecule has 1 heterocycles. The molecule has 0 amide bonds. The average molecular weight is 415 g/mol. The summed E-state index contributed by atoms with van der Waals surface area (Å²) in [5.74, 6) is 0. The monoisotopic (exact) mass is 413 g/mol. The lowest BCUT2D eigenvalue weighted by Crippen LogP contribution is -2.02. The minimum absolute atomic E-state index is 0.231. The summed E-state index contributed by atoms with van der Waals surface area (Å²) in [6, 6.07) is 6.50. The molecule has 8 heteroatoms. The smallest absolute Gasteiger partial charge is 0.175 e. The van der Waals surface area contributed by atoms with Gasteiger partial charge in [-0.1, -0.05) is 23.2 Å². The van der Waals surface area contributed by atoms with E-state index in [1.54, 1.807) is 6.07 Å². The van der Waals surface area contributed by atoms with Crippen LogP contribution in [0.15, 0.2) is 33.6 Å². The van der Waals surface area contributed by atoms with Crippen LogP contribution >= 0.6 is 50.5 Å². The summed E-state index contributed by atoms with van der Waals surface area (Å²) < 4.78 is 24.6. The van der Waals surface area contributed by atoms with Crippen molar-refractivity contribution in [2.45, 2.75) is 11.4 Å². The molecule has 0 saturated heterocycles. The normalized spacial score (nSPS) is 11.6. The van der Waals surface area contributed by atoms with Gasteiger partial charge in [-0.3, -0.25) is 0 Å². The van der Waals surface area contributed by atoms with E-state index in [2.05, 4.69) is 21.2 Å². The van der Waals surface area contributed by atoms with Gasteiger partial charge in [0.1, 0.15) is 4.34 Å². The van der Waals surface area contributed by atoms with Gasteiger partial charge in [0.05, 0.1) is 15.6 Å². The third-order valence-electron chi connectivity index (χ3n) is 2.52. The number of hydrogen-bond acceptors (Lipinski definition) is 4. The summed E-state index contributed by atoms with van der Waals surface area (Å²) in [4.78, 5) is 1.25. The molecule has 0 atom stereocenters. The highest BCUT2D eigenvalue weighted by atomic mass is 79.9. The molecular weight excluding hydrogens is 405 g/mol. The third-order valence-corrected chi connectivity index (χ3v) is 6.43. The third kappa shape index (κ3) is 3.89. The zero-order valence-corrected chi connectivity index (χ0v) is 15.0. The van der Waals surface area contributed by atoms with E-state index < -0.39 is 9.84 Å². The molecule has 0 aliphatic heterocycles. The van der Waals surface area contributed by atoms with Crippen LogP contribution in [-0.4, -0.2) is 14.7 Å². The second-order valence-electron chi connectivity index (χ2n) is 4.10. The lowest BCUT2D eigenvalue weighted by Gasteiger charge is -2.09. The molecule has 0 saturated carbocycles. The van der Waals surface area contributed by atoms with Crippen molar-refractivity contribution in [3.05, 3.63) is 43.0 Å². The van der Waals surface area contributed by atoms with Gasteiger partial charge in [-0.2, -0.15) is 0 Å². The van der Waals surface area contributed by atoms with E-state index in [0.717, 1.165) is 15.6 Å². The Bertz CT molecular complexity index is 724. The van der Waals surface area contributed by atoms with Gasteiger partial charge < -0.3 is 5.32 Å². The fourth-order valence-corrected chi connectivity index (χ4v) is 4.09. The molecule has 0 radical (unpaired) electrons. The van der Waals surface area contributed by atoms with E-state index in [4.69, 9.17) is 23.2 Å². The number of thiophene rings is 1. The Morgan fingerprint density at radius 3 is 2.55 bits per heavy atom. The van der Waals surface area contributed by atoms with Gasteiger partial charge in [0.2, 0.25) is 0 Å². The van der Waals surface area contributed by atoms with E-state index >= 15 is 0 Å². The quantitative estimate of drug-likeness (QED) is 0.778. The van der Waals surface area contributed by atoms with Crippen LogP contribution in [0.4, 0.5) is 5.69 Å². The molecule has 0 fully saturated rings. The summed E-state index contributed by atoms with van der Waals surface area (Å²) in [7, 11) is -3.25. The standard InChI is InChI=1S/C12H10BrCl2NO2S2/c1-20(17,18)8-2-3-10(14)11(5-8)16-6-7-4-9(13)12(15)19-7/h2-5,16H,6H2,1H3. The Morgan fingerprint density at radius 2 is 2.00 bits per heavy atom. The van der Waals surface area contributed by atoms with E-state index in [-0.39, 0.29) is 4.90 Å². The fraction of sp³-hybridized carbons (Fsp3) is 0.167. The van der Waals surface area contributed by atoms with Crippen LogP contribution in [0, 0.1) is 0 Å². The molecule has 2 aromatic rings. The van der Waals surface area contributed by atoms with Gasteiger partial charge in [0.15, 0.2) is 9.84 Å². The van der Waals surface area contributed by atoms with E-state index in [0.29, 0.717) is 21.6 Å². The van der Waals surface area contributed by atoms with Gasteiger partial charge in [0, 0.05) is 22.2 Å². The number of hydrogen-bond donors (Lipinski definition) is 1. The molecule has 1 aromatic carbocycles. The first kappa shape index (κ1) is 16.1. The first-order chi connectivity index (χ1) is 9.27. The van der Waals surface area contributed by atoms with Crippen molar-refractivity contribution < 1.29 is 8.42 Å². The number of nitrogens with one attached hydrogen (secondary N) is 1. The van der Waals surface area contributed by atoms with Gasteiger partial charge >= 0.3 is 0 Å². The molecule has 0 bridgehead atoms. The van der Waals surface area contributed by atoms with Crippen molar-refractivity contribution in [1.29, 1.82) is 0 Å². The Balaban J connectivity index is 2.21. The van der Waals surface area contributed by atoms with Gasteiger partial charge in [-0.05, 0) is 40.2 Å². The van der Waals surface area contributed by atoms with Crippen molar-refractivity contribution in [1.82, 2.24) is 0 Å². The van der Waals surface area contributed by atoms with Crippen LogP contribution in [-0.2, 0) is 16.4 Å². The Labute approximate surface area is 140 Å². The van der Waals surface area contributed by atoms with Crippen LogP contribution in [0.3, 0.4) is 0 Å². The van der Waals surface area contributed by atoms with E-state index in [1.807, 2.05) is 6.07 Å². The van der Waals surface area contributed by atoms with Crippen molar-refractivity contribution in [2.24, 2.45) is 0 Å². The molecule has 20 heavy (non-hydrogen) atoms. The molecule has 1 aromatic heterocycles. The number of halogens is 3. The highest BCUT2D eigenvalue weighted by Gasteiger charge is 2.11. The summed E-state index contributed by atoms with van der Waals surface area (Å²) in [6.07, 6.45) is 1.16. The SMILES string of the molecule is CS(=O)(=O)c1ccc(Cl)c(NCc2cc(Br)c(Cl)s2)c1. The fourth-order valence-electron chi connectivity index (χ4n) is 1.53. The largest absolute Gasteiger partial charge is 0.379 e. The minimum atomic E-state index is -3.25. The molecule has 0 unspecified atom stereocenters. The van der Waals surface area contributed by atoms with Gasteiger partial charge in [-0.15, -0.1) is 11.3 Å². The Morgan fingerprint density at radius 1 is 1.30 bits per heavy atom. The van der Waals surface area contributed by atoms with Gasteiger partial charge in [0.25, 0.3) is 0 Å². The second-order valence-corrected chi connectivity index (χ2v) is 9.12. The molecule has 108 valence electrons. The number of anilines is 1. The number of sulfone groups is 1. The maximum atomic E-state index is 11.5. The Kier molecular flexibility index (Phi) is 5.02. The predicted octanol–water partition coefficient (Wildman–Crippen LogP) is 4.83. The first-order valence-electron chi connectivity index (χ1n) is 5.44. The van der Waals surface area contributed by atoms with Crippen LogP contribution in [0.2, 0.25) is 9.36 Å². The van der Waals surface area contributed by atoms with Crippen LogP contribution in [0.1, 0.15) is 4.88 Å². The average Bonchev–Trinajstić information content (AvgIpc) is 2.66. The second kappa shape index (κ2) is 6.23. The highest BCUT2D eigenvalue weighted by Crippen LogP contribution is 2.33. The zero-order valence-electron chi connectivity index (χ0n) is 10.3. The molecular formula is C12H10BrCl2NO2S2. The van der Waals surface area contributed by atoms with E-state index in [1.165, 1.54) is 23.5 Å². The van der Waals surface area contributed by atoms with Crippen molar-refractivity contribution >= 4 is 66.0 Å². The van der Waals surface area contributed by atoms with E-state index in [9.17, 15) is 8.42 Å². The van der Waals surface area contributed by atoms with Gasteiger partial charge in [-0.25, -0.2) is 8.42 Å². The lowest BCUT2D eigenvalue weighted by molar-refractivity contribution is 0.602. The van der Waals surface area contributed by atoms with Crippen molar-refractivity contribution in [2.75, 3.05) is 11.6 Å². The lowest BCUT2D eigenvalue weighted by atomic mass is 10.3. The summed E-state index contributed by atoms with van der Waals surface area (Å²) in [5, 5.41) is 3.59. The van der Waals surface area contributed by atoms with Crippen molar-refractivity contribution in [3.63, 3.8) is 0 Å². The summed E-state index contributed by atoms with van der Waals surface area (Å²) >= 11 is 16.8. The molecule has 3 nitrogen and oxygen atoms in total. The van der Waals surface area contributed by atoms with Crippen LogP contribution < -0.4 is 5.32 Å². The molecule has 0 spiro atoms. The minimum Gasteiger partial charge on any atom is -0.379 e. The topological polar surface area (TPSA) is 46.2 Å². The summed E-state index contributed by atoms with van der Waals surface area (Å²) in [6.45, 7) is 0.517. The first-order valence-corrected chi connectivity index (χ1v) is 9.70. The van der Waals surface area contributed by atoms with Crippen LogP contribution in [0.5, 0.6) is 0 Å². The molecule has 1 N–H and O–H groups in total. The molecule has 0 aliphatic carbocycles. The maximum absolute atomic E-state index is 11.5. The van der Waals surface area contributed by atoms with Crippen molar-refractivity contribution in [3.8, 4) is 0 Å². The molecule has 0 aliphatic rings. The Hall–Kier alpha value is -0.270. The zero-order chi connectivity index (χ0) is 14.9. The summed E-state index contributed by atoms with van der Waals surface area (Å²) in [5.41, 5.74) is 0.579. The number of rotatable bonds is 4. The van der Waals surface area contributed by atoms with Crippen LogP contribution in [0.25, 0.3) is 0 Å². The maximum Gasteiger partial charge on any atom is 0.175 e. The number of benzene rings is 1. The highest BCUT2D eigenvalue weighted by molar-refractivity contribution is 9.10. The predicted molar refractivity (Wildman–Crippen MR) is 88.9 cm³/mol. The molecule has 2 rings (SSSR count).